The van der Waals surface area contributed by atoms with E-state index in [1.807, 2.05) is 13.0 Å². The zero-order chi connectivity index (χ0) is 9.14. The van der Waals surface area contributed by atoms with Crippen molar-refractivity contribution < 1.29 is 4.39 Å². The molecule has 0 unspecified atom stereocenters. The van der Waals surface area contributed by atoms with Crippen molar-refractivity contribution in [3.63, 3.8) is 0 Å². The molecule has 0 spiro atoms. The van der Waals surface area contributed by atoms with E-state index in [1.54, 1.807) is 6.07 Å². The SMILES string of the molecule is Cc1ccc(CCN)c(F)c1Br. The monoisotopic (exact) mass is 231 g/mol. The van der Waals surface area contributed by atoms with Crippen molar-refractivity contribution in [1.82, 2.24) is 0 Å². The summed E-state index contributed by atoms with van der Waals surface area (Å²) >= 11 is 3.18. The zero-order valence-corrected chi connectivity index (χ0v) is 8.49. The second-order valence-electron chi connectivity index (χ2n) is 2.71. The van der Waals surface area contributed by atoms with Crippen LogP contribution in [-0.2, 0) is 6.42 Å². The summed E-state index contributed by atoms with van der Waals surface area (Å²) in [5.41, 5.74) is 6.92. The lowest BCUT2D eigenvalue weighted by molar-refractivity contribution is 0.601. The second kappa shape index (κ2) is 4.01. The van der Waals surface area contributed by atoms with Gasteiger partial charge in [-0.05, 0) is 46.9 Å². The van der Waals surface area contributed by atoms with Crippen molar-refractivity contribution in [3.05, 3.63) is 33.5 Å². The van der Waals surface area contributed by atoms with Crippen molar-refractivity contribution in [3.8, 4) is 0 Å². The second-order valence-corrected chi connectivity index (χ2v) is 3.50. The average molecular weight is 232 g/mol. The first kappa shape index (κ1) is 9.68. The minimum atomic E-state index is -0.180. The van der Waals surface area contributed by atoms with E-state index >= 15 is 0 Å². The van der Waals surface area contributed by atoms with Crippen LogP contribution in [0.15, 0.2) is 16.6 Å². The van der Waals surface area contributed by atoms with E-state index in [-0.39, 0.29) is 5.82 Å². The molecule has 0 fully saturated rings. The topological polar surface area (TPSA) is 26.0 Å². The molecule has 0 aliphatic carbocycles. The highest BCUT2D eigenvalue weighted by Crippen LogP contribution is 2.22. The van der Waals surface area contributed by atoms with Gasteiger partial charge in [0.1, 0.15) is 5.82 Å². The third-order valence-corrected chi connectivity index (χ3v) is 2.74. The predicted octanol–water partition coefficient (Wildman–Crippen LogP) is 2.40. The highest BCUT2D eigenvalue weighted by atomic mass is 79.9. The minimum absolute atomic E-state index is 0.180. The molecule has 3 heteroatoms. The fourth-order valence-corrected chi connectivity index (χ4v) is 1.42. The summed E-state index contributed by atoms with van der Waals surface area (Å²) in [7, 11) is 0. The molecule has 1 rings (SSSR count). The Morgan fingerprint density at radius 3 is 2.75 bits per heavy atom. The molecule has 0 heterocycles. The van der Waals surface area contributed by atoms with Crippen LogP contribution in [0.1, 0.15) is 11.1 Å². The van der Waals surface area contributed by atoms with Gasteiger partial charge in [0.2, 0.25) is 0 Å². The number of halogens is 2. The fraction of sp³-hybridized carbons (Fsp3) is 0.333. The lowest BCUT2D eigenvalue weighted by Gasteiger charge is -2.05. The number of nitrogens with two attached hydrogens (primary N) is 1. The van der Waals surface area contributed by atoms with Gasteiger partial charge in [-0.3, -0.25) is 0 Å². The molecule has 0 saturated heterocycles. The van der Waals surface area contributed by atoms with E-state index < -0.39 is 0 Å². The lowest BCUT2D eigenvalue weighted by atomic mass is 10.1. The summed E-state index contributed by atoms with van der Waals surface area (Å²) < 4.78 is 13.9. The third kappa shape index (κ3) is 1.84. The Labute approximate surface area is 79.9 Å². The van der Waals surface area contributed by atoms with Crippen molar-refractivity contribution in [2.75, 3.05) is 6.54 Å². The molecule has 66 valence electrons. The molecule has 1 nitrogen and oxygen atoms in total. The molecule has 0 amide bonds. The molecule has 0 aliphatic heterocycles. The largest absolute Gasteiger partial charge is 0.330 e. The number of benzene rings is 1. The average Bonchev–Trinajstić information content (AvgIpc) is 2.07. The molecular formula is C9H11BrFN. The van der Waals surface area contributed by atoms with Gasteiger partial charge in [0.05, 0.1) is 4.47 Å². The summed E-state index contributed by atoms with van der Waals surface area (Å²) in [6, 6.07) is 3.67. The van der Waals surface area contributed by atoms with E-state index in [9.17, 15) is 4.39 Å². The van der Waals surface area contributed by atoms with Gasteiger partial charge in [-0.1, -0.05) is 12.1 Å². The maximum atomic E-state index is 13.3. The van der Waals surface area contributed by atoms with Gasteiger partial charge in [-0.2, -0.15) is 0 Å². The number of hydrogen-bond donors (Lipinski definition) is 1. The lowest BCUT2D eigenvalue weighted by Crippen LogP contribution is -2.05. The first-order valence-electron chi connectivity index (χ1n) is 3.80. The van der Waals surface area contributed by atoms with E-state index in [1.165, 1.54) is 0 Å². The maximum absolute atomic E-state index is 13.3. The summed E-state index contributed by atoms with van der Waals surface area (Å²) in [4.78, 5) is 0. The van der Waals surface area contributed by atoms with Gasteiger partial charge < -0.3 is 5.73 Å². The molecule has 0 bridgehead atoms. The molecule has 0 atom stereocenters. The van der Waals surface area contributed by atoms with Gasteiger partial charge >= 0.3 is 0 Å². The van der Waals surface area contributed by atoms with Crippen LogP contribution in [0.5, 0.6) is 0 Å². The Balaban J connectivity index is 3.08. The molecule has 12 heavy (non-hydrogen) atoms. The van der Waals surface area contributed by atoms with Crippen molar-refractivity contribution in [2.45, 2.75) is 13.3 Å². The van der Waals surface area contributed by atoms with E-state index in [4.69, 9.17) is 5.73 Å². The quantitative estimate of drug-likeness (QED) is 0.832. The fourth-order valence-electron chi connectivity index (χ4n) is 1.03. The number of hydrogen-bond acceptors (Lipinski definition) is 1. The Kier molecular flexibility index (Phi) is 3.23. The van der Waals surface area contributed by atoms with Crippen molar-refractivity contribution >= 4 is 15.9 Å². The van der Waals surface area contributed by atoms with Gasteiger partial charge in [0.25, 0.3) is 0 Å². The molecule has 1 aromatic carbocycles. The Morgan fingerprint density at radius 2 is 2.17 bits per heavy atom. The smallest absolute Gasteiger partial charge is 0.140 e. The summed E-state index contributed by atoms with van der Waals surface area (Å²) in [6.07, 6.45) is 0.588. The zero-order valence-electron chi connectivity index (χ0n) is 6.90. The minimum Gasteiger partial charge on any atom is -0.330 e. The van der Waals surface area contributed by atoms with E-state index in [2.05, 4.69) is 15.9 Å². The van der Waals surface area contributed by atoms with E-state index in [0.717, 1.165) is 5.56 Å². The predicted molar refractivity (Wildman–Crippen MR) is 51.6 cm³/mol. The summed E-state index contributed by atoms with van der Waals surface area (Å²) in [6.45, 7) is 2.34. The molecule has 2 N–H and O–H groups in total. The normalized spacial score (nSPS) is 10.3. The Bertz CT molecular complexity index is 286. The molecule has 0 aromatic heterocycles. The van der Waals surface area contributed by atoms with Crippen LogP contribution in [-0.4, -0.2) is 6.54 Å². The standard InChI is InChI=1S/C9H11BrFN/c1-6-2-3-7(4-5-12)9(11)8(6)10/h2-3H,4-5,12H2,1H3. The van der Waals surface area contributed by atoms with Crippen LogP contribution in [0.4, 0.5) is 4.39 Å². The van der Waals surface area contributed by atoms with Crippen LogP contribution >= 0.6 is 15.9 Å². The van der Waals surface area contributed by atoms with E-state index in [0.29, 0.717) is 23.0 Å². The highest BCUT2D eigenvalue weighted by Gasteiger charge is 2.07. The number of aryl methyl sites for hydroxylation is 1. The van der Waals surface area contributed by atoms with Crippen LogP contribution in [0, 0.1) is 12.7 Å². The molecule has 0 aliphatic rings. The maximum Gasteiger partial charge on any atom is 0.140 e. The van der Waals surface area contributed by atoms with Crippen LogP contribution in [0.25, 0.3) is 0 Å². The van der Waals surface area contributed by atoms with Crippen molar-refractivity contribution in [1.29, 1.82) is 0 Å². The van der Waals surface area contributed by atoms with Gasteiger partial charge in [-0.25, -0.2) is 4.39 Å². The first-order chi connectivity index (χ1) is 5.66. The highest BCUT2D eigenvalue weighted by molar-refractivity contribution is 9.10. The van der Waals surface area contributed by atoms with Crippen molar-refractivity contribution in [2.24, 2.45) is 5.73 Å². The van der Waals surface area contributed by atoms with Crippen LogP contribution < -0.4 is 5.73 Å². The first-order valence-corrected chi connectivity index (χ1v) is 4.59. The summed E-state index contributed by atoms with van der Waals surface area (Å²) in [5.74, 6) is -0.180. The summed E-state index contributed by atoms with van der Waals surface area (Å²) in [5, 5.41) is 0. The van der Waals surface area contributed by atoms with Crippen LogP contribution in [0.3, 0.4) is 0 Å². The Morgan fingerprint density at radius 1 is 1.50 bits per heavy atom. The molecule has 0 saturated carbocycles. The molecule has 1 aromatic rings. The van der Waals surface area contributed by atoms with Gasteiger partial charge in [0.15, 0.2) is 0 Å². The van der Waals surface area contributed by atoms with Gasteiger partial charge in [0, 0.05) is 0 Å². The molecular weight excluding hydrogens is 221 g/mol. The molecule has 0 radical (unpaired) electrons. The Hall–Kier alpha value is -0.410. The van der Waals surface area contributed by atoms with Crippen LogP contribution in [0.2, 0.25) is 0 Å². The van der Waals surface area contributed by atoms with Gasteiger partial charge in [-0.15, -0.1) is 0 Å². The number of rotatable bonds is 2. The third-order valence-electron chi connectivity index (χ3n) is 1.77.